The monoisotopic (exact) mass is 415 g/mol. The van der Waals surface area contributed by atoms with E-state index in [1.165, 1.54) is 17.7 Å². The Morgan fingerprint density at radius 3 is 2.25 bits per heavy atom. The molecule has 0 unspecified atom stereocenters. The fourth-order valence-electron chi connectivity index (χ4n) is 3.65. The summed E-state index contributed by atoms with van der Waals surface area (Å²) in [4.78, 5) is 13.5. The molecule has 0 spiro atoms. The summed E-state index contributed by atoms with van der Waals surface area (Å²) in [5, 5.41) is 0.994. The van der Waals surface area contributed by atoms with E-state index in [2.05, 4.69) is 19.6 Å². The first-order valence-corrected chi connectivity index (χ1v) is 14.4. The Hall–Kier alpha value is -2.38. The van der Waals surface area contributed by atoms with Crippen LogP contribution in [0.4, 0.5) is 5.69 Å². The average molecular weight is 416 g/mol. The van der Waals surface area contributed by atoms with Crippen LogP contribution in [0.3, 0.4) is 0 Å². The molecule has 1 heterocycles. The van der Waals surface area contributed by atoms with Crippen molar-refractivity contribution in [2.24, 2.45) is 0 Å². The number of Topliss-reactive ketones (excluding diaryl/α,β-unsaturated/α-hetero) is 1. The molecule has 0 aromatic heterocycles. The second-order valence-electron chi connectivity index (χ2n) is 7.95. The molecule has 0 aliphatic carbocycles. The molecule has 0 amide bonds. The number of anilines is 1. The van der Waals surface area contributed by atoms with Crippen LogP contribution < -0.4 is 9.04 Å². The van der Waals surface area contributed by atoms with Crippen LogP contribution in [0.1, 0.15) is 15.9 Å². The average Bonchev–Trinajstić information content (AvgIpc) is 2.62. The minimum atomic E-state index is -3.57. The highest BCUT2D eigenvalue weighted by atomic mass is 32.2. The number of ketones is 1. The van der Waals surface area contributed by atoms with Crippen LogP contribution in [0.15, 0.2) is 54.1 Å². The standard InChI is InChI=1S/C21H25NO4SSi/c1-26-16-11-12-17-19(13-16)22(27(2,24)25)14-18(20(17)23)21(28(3,4)5)15-9-7-6-8-10-15/h6-13H,14H2,1-5H3/b21-18+. The Balaban J connectivity index is 2.33. The number of benzene rings is 2. The van der Waals surface area contributed by atoms with Gasteiger partial charge in [0.1, 0.15) is 5.75 Å². The van der Waals surface area contributed by atoms with Gasteiger partial charge in [-0.1, -0.05) is 50.0 Å². The quantitative estimate of drug-likeness (QED) is 0.559. The number of rotatable bonds is 4. The number of fused-ring (bicyclic) bond motifs is 1. The summed E-state index contributed by atoms with van der Waals surface area (Å²) in [6, 6.07) is 14.7. The van der Waals surface area contributed by atoms with Crippen LogP contribution in [0, 0.1) is 0 Å². The van der Waals surface area contributed by atoms with E-state index in [-0.39, 0.29) is 12.3 Å². The van der Waals surface area contributed by atoms with Crippen molar-refractivity contribution >= 4 is 34.8 Å². The lowest BCUT2D eigenvalue weighted by atomic mass is 9.95. The number of sulfonamides is 1. The van der Waals surface area contributed by atoms with E-state index in [0.29, 0.717) is 22.6 Å². The summed E-state index contributed by atoms with van der Waals surface area (Å²) >= 11 is 0. The van der Waals surface area contributed by atoms with Gasteiger partial charge in [0, 0.05) is 17.2 Å². The molecule has 3 rings (SSSR count). The highest BCUT2D eigenvalue weighted by Gasteiger charge is 2.37. The topological polar surface area (TPSA) is 63.7 Å². The number of carbonyl (C=O) groups excluding carboxylic acids is 1. The van der Waals surface area contributed by atoms with Gasteiger partial charge in [0.15, 0.2) is 5.78 Å². The normalized spacial score (nSPS) is 16.6. The molecule has 0 bridgehead atoms. The highest BCUT2D eigenvalue weighted by Crippen LogP contribution is 2.39. The zero-order valence-corrected chi connectivity index (χ0v) is 18.6. The van der Waals surface area contributed by atoms with E-state index in [1.807, 2.05) is 30.3 Å². The Morgan fingerprint density at radius 1 is 1.07 bits per heavy atom. The third kappa shape index (κ3) is 3.77. The van der Waals surface area contributed by atoms with E-state index >= 15 is 0 Å². The molecule has 1 aliphatic rings. The van der Waals surface area contributed by atoms with Gasteiger partial charge >= 0.3 is 0 Å². The summed E-state index contributed by atoms with van der Waals surface area (Å²) in [6.45, 7) is 6.55. The van der Waals surface area contributed by atoms with Gasteiger partial charge in [-0.3, -0.25) is 9.10 Å². The van der Waals surface area contributed by atoms with Crippen molar-refractivity contribution in [1.82, 2.24) is 0 Å². The maximum atomic E-state index is 13.5. The van der Waals surface area contributed by atoms with E-state index < -0.39 is 18.1 Å². The van der Waals surface area contributed by atoms with E-state index in [4.69, 9.17) is 4.74 Å². The number of hydrogen-bond acceptors (Lipinski definition) is 4. The van der Waals surface area contributed by atoms with Crippen LogP contribution in [-0.2, 0) is 10.0 Å². The van der Waals surface area contributed by atoms with E-state index in [9.17, 15) is 13.2 Å². The lowest BCUT2D eigenvalue weighted by molar-refractivity contribution is 0.103. The van der Waals surface area contributed by atoms with Crippen molar-refractivity contribution in [2.45, 2.75) is 19.6 Å². The van der Waals surface area contributed by atoms with Crippen LogP contribution in [0.5, 0.6) is 5.75 Å². The lowest BCUT2D eigenvalue weighted by Crippen LogP contribution is -2.40. The van der Waals surface area contributed by atoms with Gasteiger partial charge in [-0.25, -0.2) is 8.42 Å². The lowest BCUT2D eigenvalue weighted by Gasteiger charge is -2.34. The minimum absolute atomic E-state index is 0.0341. The van der Waals surface area contributed by atoms with Crippen molar-refractivity contribution in [2.75, 3.05) is 24.2 Å². The van der Waals surface area contributed by atoms with Gasteiger partial charge in [0.2, 0.25) is 10.0 Å². The predicted octanol–water partition coefficient (Wildman–Crippen LogP) is 3.99. The Morgan fingerprint density at radius 2 is 1.71 bits per heavy atom. The first-order chi connectivity index (χ1) is 13.0. The maximum absolute atomic E-state index is 13.5. The summed E-state index contributed by atoms with van der Waals surface area (Å²) in [5.74, 6) is 0.403. The molecule has 148 valence electrons. The number of nitrogens with zero attached hydrogens (tertiary/aromatic N) is 1. The second-order valence-corrected chi connectivity index (χ2v) is 14.9. The predicted molar refractivity (Wildman–Crippen MR) is 116 cm³/mol. The highest BCUT2D eigenvalue weighted by molar-refractivity contribution is 7.92. The number of methoxy groups -OCH3 is 1. The van der Waals surface area contributed by atoms with Crippen molar-refractivity contribution in [1.29, 1.82) is 0 Å². The van der Waals surface area contributed by atoms with Gasteiger partial charge < -0.3 is 4.74 Å². The molecule has 28 heavy (non-hydrogen) atoms. The number of carbonyl (C=O) groups is 1. The zero-order valence-electron chi connectivity index (χ0n) is 16.8. The summed E-state index contributed by atoms with van der Waals surface area (Å²) in [6.07, 6.45) is 1.17. The molecule has 0 saturated heterocycles. The molecule has 0 radical (unpaired) electrons. The van der Waals surface area contributed by atoms with E-state index in [1.54, 1.807) is 18.2 Å². The molecule has 0 fully saturated rings. The van der Waals surface area contributed by atoms with Crippen LogP contribution in [0.2, 0.25) is 19.6 Å². The van der Waals surface area contributed by atoms with Crippen molar-refractivity contribution < 1.29 is 17.9 Å². The first kappa shape index (κ1) is 20.4. The molecule has 5 nitrogen and oxygen atoms in total. The Kier molecular flexibility index (Phi) is 5.25. The van der Waals surface area contributed by atoms with Crippen LogP contribution >= 0.6 is 0 Å². The summed E-state index contributed by atoms with van der Waals surface area (Å²) in [5.41, 5.74) is 2.31. The van der Waals surface area contributed by atoms with Gasteiger partial charge in [0.05, 0.1) is 33.7 Å². The van der Waals surface area contributed by atoms with Gasteiger partial charge in [-0.05, 0) is 22.9 Å². The van der Waals surface area contributed by atoms with Crippen LogP contribution in [0.25, 0.3) is 5.20 Å². The molecular formula is C21H25NO4SSi. The molecule has 2 aromatic rings. The SMILES string of the molecule is COc1ccc2c(c1)N(S(C)(=O)=O)C/C(=C(/c1ccccc1)[Si](C)(C)C)C2=O. The van der Waals surface area contributed by atoms with Crippen molar-refractivity contribution in [3.8, 4) is 5.75 Å². The Bertz CT molecular complexity index is 1050. The van der Waals surface area contributed by atoms with E-state index in [0.717, 1.165) is 10.8 Å². The van der Waals surface area contributed by atoms with Gasteiger partial charge in [-0.15, -0.1) is 0 Å². The van der Waals surface area contributed by atoms with Crippen LogP contribution in [-0.4, -0.2) is 42.2 Å². The third-order valence-electron chi connectivity index (χ3n) is 4.81. The van der Waals surface area contributed by atoms with Gasteiger partial charge in [-0.2, -0.15) is 0 Å². The fraction of sp³-hybridized carbons (Fsp3) is 0.286. The molecule has 1 aliphatic heterocycles. The van der Waals surface area contributed by atoms with Crippen molar-refractivity contribution in [3.05, 3.63) is 65.2 Å². The van der Waals surface area contributed by atoms with Crippen molar-refractivity contribution in [3.63, 3.8) is 0 Å². The largest absolute Gasteiger partial charge is 0.497 e. The third-order valence-corrected chi connectivity index (χ3v) is 8.03. The smallest absolute Gasteiger partial charge is 0.232 e. The molecule has 7 heteroatoms. The molecular weight excluding hydrogens is 390 g/mol. The maximum Gasteiger partial charge on any atom is 0.232 e. The fourth-order valence-corrected chi connectivity index (χ4v) is 6.66. The minimum Gasteiger partial charge on any atom is -0.497 e. The molecule has 0 atom stereocenters. The zero-order chi connectivity index (χ0) is 20.7. The Labute approximate surface area is 167 Å². The second kappa shape index (κ2) is 7.22. The molecule has 0 N–H and O–H groups in total. The summed E-state index contributed by atoms with van der Waals surface area (Å²) in [7, 11) is -4.03. The molecule has 2 aromatic carbocycles. The summed E-state index contributed by atoms with van der Waals surface area (Å²) < 4.78 is 31.7. The first-order valence-electron chi connectivity index (χ1n) is 9.03. The number of hydrogen-bond donors (Lipinski definition) is 0. The molecule has 0 saturated carbocycles. The number of ether oxygens (including phenoxy) is 1. The van der Waals surface area contributed by atoms with Gasteiger partial charge in [0.25, 0.3) is 0 Å².